The summed E-state index contributed by atoms with van der Waals surface area (Å²) >= 11 is 0. The number of hydrogen-bond acceptors (Lipinski definition) is 6. The predicted molar refractivity (Wildman–Crippen MR) is 83.1 cm³/mol. The summed E-state index contributed by atoms with van der Waals surface area (Å²) in [4.78, 5) is 8.05. The van der Waals surface area contributed by atoms with Crippen LogP contribution < -0.4 is 10.1 Å². The van der Waals surface area contributed by atoms with E-state index in [-0.39, 0.29) is 18.9 Å². The second kappa shape index (κ2) is 6.93. The lowest BCUT2D eigenvalue weighted by Gasteiger charge is -2.14. The molecule has 132 valence electrons. The number of fused-ring (bicyclic) bond motifs is 1. The van der Waals surface area contributed by atoms with Gasteiger partial charge in [-0.3, -0.25) is 5.10 Å². The second-order valence-corrected chi connectivity index (χ2v) is 5.22. The van der Waals surface area contributed by atoms with Crippen LogP contribution in [0.5, 0.6) is 5.75 Å². The molecule has 0 amide bonds. The Balaban J connectivity index is 1.51. The van der Waals surface area contributed by atoms with E-state index in [9.17, 15) is 18.3 Å². The summed E-state index contributed by atoms with van der Waals surface area (Å²) in [5.41, 5.74) is -0.192. The Morgan fingerprint density at radius 1 is 1.20 bits per heavy atom. The molecule has 3 aromatic rings. The Labute approximate surface area is 139 Å². The molecular formula is C15H14F3N5O2. The number of aliphatic hydroxyl groups is 1. The van der Waals surface area contributed by atoms with Gasteiger partial charge in [-0.25, -0.2) is 9.97 Å². The summed E-state index contributed by atoms with van der Waals surface area (Å²) in [6.45, 7) is 0.0515. The average Bonchev–Trinajstić information content (AvgIpc) is 3.07. The molecule has 7 nitrogen and oxygen atoms in total. The number of anilines is 1. The van der Waals surface area contributed by atoms with Gasteiger partial charge in [0.2, 0.25) is 0 Å². The minimum absolute atomic E-state index is 0.0853. The zero-order valence-electron chi connectivity index (χ0n) is 12.8. The van der Waals surface area contributed by atoms with E-state index in [2.05, 4.69) is 25.5 Å². The fraction of sp³-hybridized carbons (Fsp3) is 0.267. The minimum atomic E-state index is -4.39. The highest BCUT2D eigenvalue weighted by Crippen LogP contribution is 2.30. The van der Waals surface area contributed by atoms with Crippen molar-refractivity contribution in [2.75, 3.05) is 18.5 Å². The van der Waals surface area contributed by atoms with Crippen molar-refractivity contribution in [3.8, 4) is 5.75 Å². The maximum atomic E-state index is 12.5. The molecule has 3 N–H and O–H groups in total. The van der Waals surface area contributed by atoms with Crippen LogP contribution in [0.25, 0.3) is 11.0 Å². The van der Waals surface area contributed by atoms with Crippen LogP contribution in [0.1, 0.15) is 5.56 Å². The fourth-order valence-electron chi connectivity index (χ4n) is 2.11. The zero-order valence-corrected chi connectivity index (χ0v) is 12.8. The molecule has 0 aliphatic rings. The van der Waals surface area contributed by atoms with Crippen molar-refractivity contribution < 1.29 is 23.0 Å². The van der Waals surface area contributed by atoms with Gasteiger partial charge in [0.1, 0.15) is 30.6 Å². The first-order chi connectivity index (χ1) is 11.9. The van der Waals surface area contributed by atoms with Crippen molar-refractivity contribution in [3.05, 3.63) is 42.4 Å². The third kappa shape index (κ3) is 4.15. The Kier molecular flexibility index (Phi) is 4.70. The normalized spacial score (nSPS) is 13.0. The number of H-pyrrole nitrogens is 1. The molecule has 2 heterocycles. The largest absolute Gasteiger partial charge is 0.491 e. The zero-order chi connectivity index (χ0) is 17.9. The molecule has 2 aromatic heterocycles. The van der Waals surface area contributed by atoms with E-state index in [0.717, 1.165) is 12.1 Å². The number of alkyl halides is 3. The average molecular weight is 353 g/mol. The summed E-state index contributed by atoms with van der Waals surface area (Å²) in [5, 5.41) is 20.1. The molecule has 10 heteroatoms. The van der Waals surface area contributed by atoms with Gasteiger partial charge in [-0.1, -0.05) is 0 Å². The van der Waals surface area contributed by atoms with Gasteiger partial charge in [-0.15, -0.1) is 0 Å². The van der Waals surface area contributed by atoms with E-state index in [4.69, 9.17) is 4.74 Å². The molecule has 0 aliphatic carbocycles. The topological polar surface area (TPSA) is 96.0 Å². The van der Waals surface area contributed by atoms with Crippen LogP contribution in [0.4, 0.5) is 19.0 Å². The van der Waals surface area contributed by atoms with Crippen LogP contribution >= 0.6 is 0 Å². The highest BCUT2D eigenvalue weighted by atomic mass is 19.4. The molecule has 0 bridgehead atoms. The maximum Gasteiger partial charge on any atom is 0.416 e. The molecular weight excluding hydrogens is 339 g/mol. The summed E-state index contributed by atoms with van der Waals surface area (Å²) < 4.78 is 42.7. The van der Waals surface area contributed by atoms with E-state index in [1.807, 2.05) is 0 Å². The van der Waals surface area contributed by atoms with Gasteiger partial charge in [-0.05, 0) is 24.3 Å². The van der Waals surface area contributed by atoms with Crippen LogP contribution in [-0.4, -0.2) is 44.5 Å². The van der Waals surface area contributed by atoms with Gasteiger partial charge in [0.25, 0.3) is 0 Å². The minimum Gasteiger partial charge on any atom is -0.491 e. The summed E-state index contributed by atoms with van der Waals surface area (Å²) in [7, 11) is 0. The number of aliphatic hydroxyl groups excluding tert-OH is 1. The van der Waals surface area contributed by atoms with Gasteiger partial charge in [0, 0.05) is 6.54 Å². The monoisotopic (exact) mass is 353 g/mol. The molecule has 1 unspecified atom stereocenters. The highest BCUT2D eigenvalue weighted by molar-refractivity contribution is 5.85. The summed E-state index contributed by atoms with van der Waals surface area (Å²) in [5.74, 6) is 0.749. The molecule has 1 atom stereocenters. The van der Waals surface area contributed by atoms with Crippen molar-refractivity contribution in [3.63, 3.8) is 0 Å². The molecule has 0 fully saturated rings. The van der Waals surface area contributed by atoms with Crippen LogP contribution in [-0.2, 0) is 6.18 Å². The number of halogens is 3. The Morgan fingerprint density at radius 3 is 2.68 bits per heavy atom. The van der Waals surface area contributed by atoms with Crippen molar-refractivity contribution in [1.82, 2.24) is 20.2 Å². The fourth-order valence-corrected chi connectivity index (χ4v) is 2.11. The van der Waals surface area contributed by atoms with Crippen molar-refractivity contribution in [2.24, 2.45) is 0 Å². The van der Waals surface area contributed by atoms with E-state index in [0.29, 0.717) is 16.9 Å². The number of aromatic amines is 1. The molecule has 0 aliphatic heterocycles. The van der Waals surface area contributed by atoms with Gasteiger partial charge < -0.3 is 15.2 Å². The Bertz CT molecular complexity index is 835. The van der Waals surface area contributed by atoms with E-state index < -0.39 is 17.8 Å². The van der Waals surface area contributed by atoms with Gasteiger partial charge in [0.05, 0.1) is 17.1 Å². The molecule has 0 radical (unpaired) electrons. The van der Waals surface area contributed by atoms with E-state index in [1.165, 1.54) is 18.5 Å². The van der Waals surface area contributed by atoms with Crippen LogP contribution in [0.2, 0.25) is 0 Å². The number of hydrogen-bond donors (Lipinski definition) is 3. The quantitative estimate of drug-likeness (QED) is 0.629. The number of rotatable bonds is 6. The third-order valence-electron chi connectivity index (χ3n) is 3.38. The lowest BCUT2D eigenvalue weighted by molar-refractivity contribution is -0.137. The Hall–Kier alpha value is -2.88. The number of benzene rings is 1. The first-order valence-corrected chi connectivity index (χ1v) is 7.29. The van der Waals surface area contributed by atoms with Crippen molar-refractivity contribution >= 4 is 16.9 Å². The summed E-state index contributed by atoms with van der Waals surface area (Å²) in [6.07, 6.45) is -2.37. The molecule has 25 heavy (non-hydrogen) atoms. The van der Waals surface area contributed by atoms with Gasteiger partial charge in [0.15, 0.2) is 5.65 Å². The number of aromatic nitrogens is 4. The standard InChI is InChI=1S/C15H14F3N5O2/c16-15(17,18)9-1-3-11(4-2-9)25-7-10(24)5-19-13-12-6-22-23-14(12)21-8-20-13/h1-4,6,8,10,24H,5,7H2,(H2,19,20,21,22,23). The number of ether oxygens (including phenoxy) is 1. The van der Waals surface area contributed by atoms with Crippen LogP contribution in [0.3, 0.4) is 0 Å². The molecule has 1 aromatic carbocycles. The molecule has 0 saturated carbocycles. The smallest absolute Gasteiger partial charge is 0.416 e. The lowest BCUT2D eigenvalue weighted by atomic mass is 10.2. The highest BCUT2D eigenvalue weighted by Gasteiger charge is 2.30. The molecule has 0 spiro atoms. The van der Waals surface area contributed by atoms with Gasteiger partial charge in [-0.2, -0.15) is 18.3 Å². The second-order valence-electron chi connectivity index (χ2n) is 5.22. The number of nitrogens with zero attached hydrogens (tertiary/aromatic N) is 3. The van der Waals surface area contributed by atoms with Crippen molar-refractivity contribution in [1.29, 1.82) is 0 Å². The molecule has 0 saturated heterocycles. The predicted octanol–water partition coefficient (Wildman–Crippen LogP) is 2.22. The first-order valence-electron chi connectivity index (χ1n) is 7.29. The summed E-state index contributed by atoms with van der Waals surface area (Å²) in [6, 6.07) is 4.28. The van der Waals surface area contributed by atoms with E-state index >= 15 is 0 Å². The third-order valence-corrected chi connectivity index (χ3v) is 3.38. The van der Waals surface area contributed by atoms with Gasteiger partial charge >= 0.3 is 6.18 Å². The lowest BCUT2D eigenvalue weighted by Crippen LogP contribution is -2.26. The number of nitrogens with one attached hydrogen (secondary N) is 2. The van der Waals surface area contributed by atoms with Crippen molar-refractivity contribution in [2.45, 2.75) is 12.3 Å². The Morgan fingerprint density at radius 2 is 1.96 bits per heavy atom. The SMILES string of the molecule is OC(CNc1ncnc2[nH]ncc12)COc1ccc(C(F)(F)F)cc1. The molecule has 3 rings (SSSR count). The first kappa shape index (κ1) is 17.0. The van der Waals surface area contributed by atoms with Crippen LogP contribution in [0.15, 0.2) is 36.8 Å². The van der Waals surface area contributed by atoms with E-state index in [1.54, 1.807) is 6.20 Å². The van der Waals surface area contributed by atoms with Crippen LogP contribution in [0, 0.1) is 0 Å². The maximum absolute atomic E-state index is 12.5.